The van der Waals surface area contributed by atoms with E-state index in [4.69, 9.17) is 0 Å². The van der Waals surface area contributed by atoms with Crippen LogP contribution in [0.1, 0.15) is 69.5 Å². The molecule has 0 aromatic heterocycles. The van der Waals surface area contributed by atoms with Crippen molar-refractivity contribution in [2.45, 2.75) is 30.1 Å². The molecule has 0 bridgehead atoms. The maximum absolute atomic E-state index is 2.43. The van der Waals surface area contributed by atoms with Gasteiger partial charge >= 0.3 is 0 Å². The number of hydrogen-bond donors (Lipinski definition) is 0. The summed E-state index contributed by atoms with van der Waals surface area (Å²) in [6, 6.07) is 98.3. The van der Waals surface area contributed by atoms with E-state index in [0.29, 0.717) is 0 Å². The Morgan fingerprint density at radius 2 is 0.597 bits per heavy atom. The first-order valence-electron chi connectivity index (χ1n) is 25.4. The first-order valence-corrected chi connectivity index (χ1v) is 25.4. The second-order valence-corrected chi connectivity index (χ2v) is 20.6. The van der Waals surface area contributed by atoms with E-state index in [0.717, 1.165) is 17.1 Å². The molecule has 1 nitrogen and oxygen atoms in total. The van der Waals surface area contributed by atoms with Gasteiger partial charge in [0, 0.05) is 22.5 Å². The van der Waals surface area contributed by atoms with Gasteiger partial charge in [-0.05, 0) is 148 Å². The molecule has 0 radical (unpaired) electrons. The van der Waals surface area contributed by atoms with Gasteiger partial charge < -0.3 is 4.90 Å². The second kappa shape index (κ2) is 15.1. The Labute approximate surface area is 422 Å². The van der Waals surface area contributed by atoms with Crippen LogP contribution in [0.4, 0.5) is 17.1 Å². The zero-order chi connectivity index (χ0) is 47.8. The summed E-state index contributed by atoms with van der Waals surface area (Å²) in [7, 11) is 0. The molecule has 0 amide bonds. The van der Waals surface area contributed by atoms with Crippen molar-refractivity contribution in [1.29, 1.82) is 0 Å². The van der Waals surface area contributed by atoms with Crippen LogP contribution >= 0.6 is 0 Å². The first kappa shape index (κ1) is 41.0. The van der Waals surface area contributed by atoms with E-state index < -0.39 is 10.8 Å². The van der Waals surface area contributed by atoms with Gasteiger partial charge in [-0.3, -0.25) is 0 Å². The lowest BCUT2D eigenvalue weighted by molar-refractivity contribution is 0.633. The van der Waals surface area contributed by atoms with Gasteiger partial charge in [-0.15, -0.1) is 0 Å². The van der Waals surface area contributed by atoms with Gasteiger partial charge in [0.2, 0.25) is 0 Å². The number of fused-ring (bicyclic) bond motifs is 19. The van der Waals surface area contributed by atoms with Crippen LogP contribution < -0.4 is 4.90 Å². The highest BCUT2D eigenvalue weighted by atomic mass is 15.1. The van der Waals surface area contributed by atoms with Crippen molar-refractivity contribution in [3.63, 3.8) is 0 Å². The van der Waals surface area contributed by atoms with Crippen molar-refractivity contribution >= 4 is 17.1 Å². The molecule has 0 aliphatic heterocycles. The van der Waals surface area contributed by atoms with Gasteiger partial charge in [-0.1, -0.05) is 238 Å². The van der Waals surface area contributed by atoms with Crippen molar-refractivity contribution in [3.8, 4) is 55.6 Å². The molecule has 338 valence electrons. The Kier molecular flexibility index (Phi) is 8.62. The molecular weight excluding hydrogens is 867 g/mol. The smallest absolute Gasteiger partial charge is 0.0720 e. The van der Waals surface area contributed by atoms with Crippen LogP contribution in [0.15, 0.2) is 261 Å². The van der Waals surface area contributed by atoms with Crippen molar-refractivity contribution < 1.29 is 0 Å². The van der Waals surface area contributed by atoms with Crippen molar-refractivity contribution in [3.05, 3.63) is 316 Å². The molecule has 0 atom stereocenters. The van der Waals surface area contributed by atoms with E-state index in [9.17, 15) is 0 Å². The third-order valence-corrected chi connectivity index (χ3v) is 17.0. The first-order chi connectivity index (χ1) is 35.5. The average molecular weight is 916 g/mol. The molecule has 0 fully saturated rings. The molecule has 2 spiro atoms. The average Bonchev–Trinajstić information content (AvgIpc) is 4.01. The fourth-order valence-corrected chi connectivity index (χ4v) is 14.2. The maximum atomic E-state index is 2.43. The number of benzene rings is 11. The van der Waals surface area contributed by atoms with Gasteiger partial charge in [-0.2, -0.15) is 0 Å². The summed E-state index contributed by atoms with van der Waals surface area (Å²) in [5.74, 6) is 0. The predicted molar refractivity (Wildman–Crippen MR) is 298 cm³/mol. The van der Waals surface area contributed by atoms with Crippen molar-refractivity contribution in [1.82, 2.24) is 0 Å². The molecule has 15 rings (SSSR count). The molecule has 0 N–H and O–H groups in total. The molecule has 0 heterocycles. The topological polar surface area (TPSA) is 3.24 Å². The minimum Gasteiger partial charge on any atom is -0.310 e. The summed E-state index contributed by atoms with van der Waals surface area (Å²) in [6.07, 6.45) is 0. The summed E-state index contributed by atoms with van der Waals surface area (Å²) in [5, 5.41) is 0. The Bertz CT molecular complexity index is 3930. The van der Waals surface area contributed by atoms with Crippen molar-refractivity contribution in [2.75, 3.05) is 4.90 Å². The lowest BCUT2D eigenvalue weighted by Gasteiger charge is -2.48. The molecule has 1 heteroatoms. The van der Waals surface area contributed by atoms with Crippen LogP contribution in [0.25, 0.3) is 55.6 Å². The molecule has 11 aromatic rings. The molecule has 11 aromatic carbocycles. The molecular formula is C71H49N. The third kappa shape index (κ3) is 5.27. The summed E-state index contributed by atoms with van der Waals surface area (Å²) in [5.41, 5.74) is 28.6. The molecule has 0 unspecified atom stereocenters. The summed E-state index contributed by atoms with van der Waals surface area (Å²) >= 11 is 0. The van der Waals surface area contributed by atoms with Gasteiger partial charge in [-0.25, -0.2) is 0 Å². The van der Waals surface area contributed by atoms with E-state index in [1.165, 1.54) is 111 Å². The molecule has 0 saturated heterocycles. The zero-order valence-corrected chi connectivity index (χ0v) is 40.3. The highest BCUT2D eigenvalue weighted by Crippen LogP contribution is 2.68. The highest BCUT2D eigenvalue weighted by molar-refractivity contribution is 5.99. The van der Waals surface area contributed by atoms with Crippen LogP contribution in [0.3, 0.4) is 0 Å². The van der Waals surface area contributed by atoms with Gasteiger partial charge in [0.15, 0.2) is 0 Å². The van der Waals surface area contributed by atoms with Gasteiger partial charge in [0.05, 0.1) is 10.8 Å². The van der Waals surface area contributed by atoms with Crippen LogP contribution in [-0.4, -0.2) is 0 Å². The van der Waals surface area contributed by atoms with Crippen LogP contribution in [0.2, 0.25) is 0 Å². The Balaban J connectivity index is 0.902. The van der Waals surface area contributed by atoms with Crippen LogP contribution in [0, 0.1) is 0 Å². The van der Waals surface area contributed by atoms with Crippen LogP contribution in [0.5, 0.6) is 0 Å². The van der Waals surface area contributed by atoms with Gasteiger partial charge in [0.25, 0.3) is 0 Å². The van der Waals surface area contributed by atoms with E-state index in [2.05, 4.69) is 280 Å². The number of rotatable bonds is 5. The van der Waals surface area contributed by atoms with E-state index in [1.54, 1.807) is 0 Å². The highest BCUT2D eigenvalue weighted by Gasteiger charge is 2.59. The zero-order valence-electron chi connectivity index (χ0n) is 40.3. The maximum Gasteiger partial charge on any atom is 0.0720 e. The molecule has 0 saturated carbocycles. The number of nitrogens with zero attached hydrogens (tertiary/aromatic N) is 1. The van der Waals surface area contributed by atoms with E-state index >= 15 is 0 Å². The Hall–Kier alpha value is -8.78. The quantitative estimate of drug-likeness (QED) is 0.166. The monoisotopic (exact) mass is 915 g/mol. The fraction of sp³-hybridized carbons (Fsp3) is 0.0704. The fourth-order valence-electron chi connectivity index (χ4n) is 14.2. The number of hydrogen-bond acceptors (Lipinski definition) is 1. The summed E-state index contributed by atoms with van der Waals surface area (Å²) < 4.78 is 0. The second-order valence-electron chi connectivity index (χ2n) is 20.6. The van der Waals surface area contributed by atoms with Crippen molar-refractivity contribution in [2.24, 2.45) is 0 Å². The standard InChI is InChI=1S/C71H49N/c1-69(2)57-31-10-8-27-55(57)67-51(29-19-39-65(67)69)46-41-43-49(44-42-46)72(48-22-4-3-5-23-48)50-24-18-21-47(45-50)52-30-20-40-66-68(52)56-28-9-13-34-60(56)71(66)63-37-16-14-35-61(63)70(62-36-15-17-38-64(62)71)58-32-11-6-25-53(58)54-26-7-12-33-59(54)70/h3-45H,1-2H3. The number of anilines is 3. The Morgan fingerprint density at radius 3 is 1.18 bits per heavy atom. The molecule has 4 aliphatic carbocycles. The predicted octanol–water partition coefficient (Wildman–Crippen LogP) is 17.8. The lowest BCUT2D eigenvalue weighted by Crippen LogP contribution is -2.43. The molecule has 4 aliphatic rings. The SMILES string of the molecule is CC1(C)c2ccccc2-c2c(-c3ccc(N(c4ccccc4)c4cccc(-c5cccc6c5-c5ccccc5C65c6ccccc6C6(c7ccccc7-c7ccccc76)c6ccccc65)c4)cc3)cccc21. The summed E-state index contributed by atoms with van der Waals surface area (Å²) in [6.45, 7) is 4.71. The Morgan fingerprint density at radius 1 is 0.236 bits per heavy atom. The third-order valence-electron chi connectivity index (χ3n) is 17.0. The van der Waals surface area contributed by atoms with E-state index in [1.807, 2.05) is 0 Å². The number of para-hydroxylation sites is 1. The largest absolute Gasteiger partial charge is 0.310 e. The lowest BCUT2D eigenvalue weighted by atomic mass is 9.52. The summed E-state index contributed by atoms with van der Waals surface area (Å²) in [4.78, 5) is 2.41. The minimum atomic E-state index is -0.557. The normalized spacial score (nSPS) is 14.9. The van der Waals surface area contributed by atoms with Gasteiger partial charge in [0.1, 0.15) is 0 Å². The van der Waals surface area contributed by atoms with E-state index in [-0.39, 0.29) is 5.41 Å². The minimum absolute atomic E-state index is 0.0535. The molecule has 72 heavy (non-hydrogen) atoms. The van der Waals surface area contributed by atoms with Crippen LogP contribution in [-0.2, 0) is 16.2 Å².